The number of rotatable bonds is 4. The first-order valence-corrected chi connectivity index (χ1v) is 7.67. The third-order valence-electron chi connectivity index (χ3n) is 4.64. The van der Waals surface area contributed by atoms with Crippen molar-refractivity contribution in [2.75, 3.05) is 19.6 Å². The molecule has 1 heterocycles. The van der Waals surface area contributed by atoms with Gasteiger partial charge in [0.25, 0.3) is 0 Å². The zero-order valence-electron chi connectivity index (χ0n) is 13.4. The van der Waals surface area contributed by atoms with Gasteiger partial charge in [-0.1, -0.05) is 32.0 Å². The minimum Gasteiger partial charge on any atom is -0.487 e. The number of fused-ring (bicyclic) bond motifs is 1. The number of aryl methyl sites for hydroxylation is 1. The molecule has 0 radical (unpaired) electrons. The van der Waals surface area contributed by atoms with Crippen LogP contribution >= 0.6 is 0 Å². The van der Waals surface area contributed by atoms with E-state index in [0.717, 1.165) is 30.9 Å². The Labute approximate surface area is 123 Å². The number of benzene rings is 1. The lowest BCUT2D eigenvalue weighted by Gasteiger charge is -2.45. The van der Waals surface area contributed by atoms with Gasteiger partial charge in [0.1, 0.15) is 11.4 Å². The van der Waals surface area contributed by atoms with Crippen LogP contribution in [-0.4, -0.2) is 30.1 Å². The van der Waals surface area contributed by atoms with E-state index in [-0.39, 0.29) is 11.6 Å². The molecule has 0 spiro atoms. The van der Waals surface area contributed by atoms with E-state index in [4.69, 9.17) is 10.5 Å². The Morgan fingerprint density at radius 1 is 1.25 bits per heavy atom. The fourth-order valence-corrected chi connectivity index (χ4v) is 3.16. The quantitative estimate of drug-likeness (QED) is 0.918. The van der Waals surface area contributed by atoms with Crippen molar-refractivity contribution in [3.63, 3.8) is 0 Å². The summed E-state index contributed by atoms with van der Waals surface area (Å²) in [6.07, 6.45) is 0. The second-order valence-electron chi connectivity index (χ2n) is 6.32. The summed E-state index contributed by atoms with van der Waals surface area (Å²) in [5, 5.41) is 0. The van der Waals surface area contributed by atoms with Crippen LogP contribution in [0.15, 0.2) is 18.2 Å². The van der Waals surface area contributed by atoms with E-state index in [0.29, 0.717) is 5.92 Å². The predicted molar refractivity (Wildman–Crippen MR) is 84.1 cm³/mol. The zero-order valence-corrected chi connectivity index (χ0v) is 13.4. The van der Waals surface area contributed by atoms with Crippen LogP contribution in [-0.2, 0) is 0 Å². The maximum Gasteiger partial charge on any atom is 0.127 e. The van der Waals surface area contributed by atoms with Crippen LogP contribution < -0.4 is 10.5 Å². The fourth-order valence-electron chi connectivity index (χ4n) is 3.16. The van der Waals surface area contributed by atoms with Crippen molar-refractivity contribution < 1.29 is 4.74 Å². The molecule has 0 aromatic heterocycles. The van der Waals surface area contributed by atoms with E-state index in [1.165, 1.54) is 5.56 Å². The van der Waals surface area contributed by atoms with Gasteiger partial charge in [-0.25, -0.2) is 0 Å². The second kappa shape index (κ2) is 5.74. The molecule has 0 amide bonds. The molecule has 0 aliphatic carbocycles. The molecular formula is C17H28N2O. The number of nitrogens with two attached hydrogens (primary N) is 1. The molecule has 3 heteroatoms. The summed E-state index contributed by atoms with van der Waals surface area (Å²) in [5.41, 5.74) is 8.68. The average molecular weight is 276 g/mol. The van der Waals surface area contributed by atoms with Gasteiger partial charge >= 0.3 is 0 Å². The van der Waals surface area contributed by atoms with E-state index in [9.17, 15) is 0 Å². The van der Waals surface area contributed by atoms with Gasteiger partial charge in [-0.15, -0.1) is 0 Å². The van der Waals surface area contributed by atoms with Crippen molar-refractivity contribution in [3.8, 4) is 5.75 Å². The summed E-state index contributed by atoms with van der Waals surface area (Å²) in [7, 11) is 0. The Kier molecular flexibility index (Phi) is 4.40. The highest BCUT2D eigenvalue weighted by Gasteiger charge is 2.43. The van der Waals surface area contributed by atoms with Crippen LogP contribution in [0.3, 0.4) is 0 Å². The van der Waals surface area contributed by atoms with Crippen molar-refractivity contribution in [2.24, 2.45) is 11.7 Å². The van der Waals surface area contributed by atoms with Gasteiger partial charge in [0.2, 0.25) is 0 Å². The molecule has 112 valence electrons. The SMILES string of the molecule is CCN(CC)CC1C(N)c2cccc(C)c2OC1(C)C. The van der Waals surface area contributed by atoms with Gasteiger partial charge in [0.15, 0.2) is 0 Å². The zero-order chi connectivity index (χ0) is 14.9. The topological polar surface area (TPSA) is 38.5 Å². The van der Waals surface area contributed by atoms with Crippen LogP contribution in [0, 0.1) is 12.8 Å². The van der Waals surface area contributed by atoms with Gasteiger partial charge in [0, 0.05) is 24.1 Å². The van der Waals surface area contributed by atoms with Crippen LogP contribution in [0.25, 0.3) is 0 Å². The van der Waals surface area contributed by atoms with Gasteiger partial charge in [-0.2, -0.15) is 0 Å². The number of para-hydroxylation sites is 1. The maximum absolute atomic E-state index is 6.59. The summed E-state index contributed by atoms with van der Waals surface area (Å²) >= 11 is 0. The smallest absolute Gasteiger partial charge is 0.127 e. The van der Waals surface area contributed by atoms with Crippen LogP contribution in [0.1, 0.15) is 44.9 Å². The molecule has 20 heavy (non-hydrogen) atoms. The number of hydrogen-bond acceptors (Lipinski definition) is 3. The Morgan fingerprint density at radius 2 is 1.90 bits per heavy atom. The van der Waals surface area contributed by atoms with E-state index in [1.807, 2.05) is 0 Å². The first kappa shape index (κ1) is 15.3. The van der Waals surface area contributed by atoms with E-state index < -0.39 is 0 Å². The molecule has 1 aliphatic heterocycles. The third kappa shape index (κ3) is 2.70. The van der Waals surface area contributed by atoms with Gasteiger partial charge < -0.3 is 15.4 Å². The average Bonchev–Trinajstić information content (AvgIpc) is 2.40. The van der Waals surface area contributed by atoms with E-state index in [1.54, 1.807) is 0 Å². The van der Waals surface area contributed by atoms with Crippen molar-refractivity contribution in [1.29, 1.82) is 0 Å². The van der Waals surface area contributed by atoms with E-state index >= 15 is 0 Å². The van der Waals surface area contributed by atoms with Gasteiger partial charge in [-0.3, -0.25) is 0 Å². The highest BCUT2D eigenvalue weighted by Crippen LogP contribution is 2.44. The third-order valence-corrected chi connectivity index (χ3v) is 4.64. The molecule has 1 aromatic rings. The molecule has 1 aliphatic rings. The lowest BCUT2D eigenvalue weighted by molar-refractivity contribution is -0.00590. The van der Waals surface area contributed by atoms with E-state index in [2.05, 4.69) is 57.7 Å². The van der Waals surface area contributed by atoms with Crippen LogP contribution in [0.5, 0.6) is 5.75 Å². The molecule has 0 saturated carbocycles. The number of nitrogens with zero attached hydrogens (tertiary/aromatic N) is 1. The van der Waals surface area contributed by atoms with Crippen molar-refractivity contribution >= 4 is 0 Å². The van der Waals surface area contributed by atoms with Gasteiger partial charge in [0.05, 0.1) is 0 Å². The highest BCUT2D eigenvalue weighted by atomic mass is 16.5. The molecule has 0 saturated heterocycles. The standard InChI is InChI=1S/C17H28N2O/c1-6-19(7-2)11-14-15(18)13-10-8-9-12(3)16(13)20-17(14,4)5/h8-10,14-15H,6-7,11,18H2,1-5H3. The first-order chi connectivity index (χ1) is 9.40. The summed E-state index contributed by atoms with van der Waals surface area (Å²) in [5.74, 6) is 1.29. The second-order valence-corrected chi connectivity index (χ2v) is 6.32. The minimum absolute atomic E-state index is 0.0363. The molecule has 0 fully saturated rings. The predicted octanol–water partition coefficient (Wildman–Crippen LogP) is 3.12. The molecule has 3 nitrogen and oxygen atoms in total. The molecule has 0 bridgehead atoms. The summed E-state index contributed by atoms with van der Waals surface area (Å²) in [4.78, 5) is 2.43. The minimum atomic E-state index is -0.235. The molecule has 1 aromatic carbocycles. The van der Waals surface area contributed by atoms with Gasteiger partial charge in [-0.05, 0) is 39.4 Å². The van der Waals surface area contributed by atoms with Crippen molar-refractivity contribution in [1.82, 2.24) is 4.90 Å². The molecular weight excluding hydrogens is 248 g/mol. The lowest BCUT2D eigenvalue weighted by Crippen LogP contribution is -2.52. The normalized spacial score (nSPS) is 24.4. The molecule has 2 N–H and O–H groups in total. The Balaban J connectivity index is 2.35. The largest absolute Gasteiger partial charge is 0.487 e. The monoisotopic (exact) mass is 276 g/mol. The molecule has 2 unspecified atom stereocenters. The Bertz CT molecular complexity index is 466. The first-order valence-electron chi connectivity index (χ1n) is 7.67. The number of hydrogen-bond donors (Lipinski definition) is 1. The molecule has 2 rings (SSSR count). The molecule has 2 atom stereocenters. The fraction of sp³-hybridized carbons (Fsp3) is 0.647. The number of ether oxygens (including phenoxy) is 1. The van der Waals surface area contributed by atoms with Crippen molar-refractivity contribution in [3.05, 3.63) is 29.3 Å². The lowest BCUT2D eigenvalue weighted by atomic mass is 9.78. The van der Waals surface area contributed by atoms with Crippen LogP contribution in [0.4, 0.5) is 0 Å². The summed E-state index contributed by atoms with van der Waals surface area (Å²) in [6.45, 7) is 13.9. The van der Waals surface area contributed by atoms with Crippen LogP contribution in [0.2, 0.25) is 0 Å². The highest BCUT2D eigenvalue weighted by molar-refractivity contribution is 5.45. The maximum atomic E-state index is 6.59. The summed E-state index contributed by atoms with van der Waals surface area (Å²) < 4.78 is 6.32. The Hall–Kier alpha value is -1.06. The Morgan fingerprint density at radius 3 is 2.50 bits per heavy atom. The summed E-state index contributed by atoms with van der Waals surface area (Å²) in [6, 6.07) is 6.31. The van der Waals surface area contributed by atoms with Crippen molar-refractivity contribution in [2.45, 2.75) is 46.3 Å².